The number of halogens is 2. The second-order valence-corrected chi connectivity index (χ2v) is 5.93. The van der Waals surface area contributed by atoms with E-state index in [0.29, 0.717) is 29.9 Å². The molecule has 1 fully saturated rings. The molecule has 0 bridgehead atoms. The van der Waals surface area contributed by atoms with Gasteiger partial charge in [-0.3, -0.25) is 0 Å². The van der Waals surface area contributed by atoms with Crippen LogP contribution in [0, 0.1) is 17.7 Å². The minimum atomic E-state index is -0.943. The highest BCUT2D eigenvalue weighted by Crippen LogP contribution is 2.43. The van der Waals surface area contributed by atoms with Crippen molar-refractivity contribution in [1.29, 1.82) is 0 Å². The predicted molar refractivity (Wildman–Crippen MR) is 83.2 cm³/mol. The van der Waals surface area contributed by atoms with E-state index in [9.17, 15) is 8.78 Å². The van der Waals surface area contributed by atoms with Crippen molar-refractivity contribution in [3.8, 4) is 11.1 Å². The maximum absolute atomic E-state index is 14.6. The Balaban J connectivity index is 1.88. The van der Waals surface area contributed by atoms with E-state index in [1.807, 2.05) is 0 Å². The zero-order chi connectivity index (χ0) is 16.7. The maximum Gasteiger partial charge on any atom is 0.282 e. The number of amidine groups is 1. The lowest BCUT2D eigenvalue weighted by Gasteiger charge is -2.34. The van der Waals surface area contributed by atoms with E-state index in [1.165, 1.54) is 18.3 Å². The van der Waals surface area contributed by atoms with Gasteiger partial charge in [0, 0.05) is 23.2 Å². The largest absolute Gasteiger partial charge is 0.465 e. The van der Waals surface area contributed by atoms with Crippen molar-refractivity contribution in [1.82, 2.24) is 4.98 Å². The Hall–Kier alpha value is -2.54. The number of fused-ring (bicyclic) bond motifs is 1. The number of ether oxygens (including phenoxy) is 2. The van der Waals surface area contributed by atoms with Crippen molar-refractivity contribution in [3.63, 3.8) is 0 Å². The van der Waals surface area contributed by atoms with Gasteiger partial charge in [-0.1, -0.05) is 6.07 Å². The Morgan fingerprint density at radius 3 is 2.92 bits per heavy atom. The number of hydrogen-bond acceptors (Lipinski definition) is 5. The van der Waals surface area contributed by atoms with Crippen LogP contribution in [-0.2, 0) is 15.0 Å². The molecule has 2 aliphatic heterocycles. The van der Waals surface area contributed by atoms with E-state index in [4.69, 9.17) is 15.2 Å². The first-order chi connectivity index (χ1) is 11.6. The van der Waals surface area contributed by atoms with Crippen LogP contribution in [0.4, 0.5) is 8.78 Å². The molecule has 1 aromatic carbocycles. The molecular weight excluding hydrogens is 316 g/mol. The second-order valence-electron chi connectivity index (χ2n) is 5.93. The van der Waals surface area contributed by atoms with Gasteiger partial charge in [0.2, 0.25) is 5.95 Å². The highest BCUT2D eigenvalue weighted by atomic mass is 19.1. The van der Waals surface area contributed by atoms with Gasteiger partial charge in [-0.15, -0.1) is 0 Å². The normalized spacial score (nSPS) is 25.8. The first-order valence-electron chi connectivity index (χ1n) is 7.57. The Morgan fingerprint density at radius 1 is 1.21 bits per heavy atom. The summed E-state index contributed by atoms with van der Waals surface area (Å²) in [6.07, 6.45) is 1.37. The summed E-state index contributed by atoms with van der Waals surface area (Å²) in [6, 6.07) is 7.66. The highest BCUT2D eigenvalue weighted by molar-refractivity contribution is 5.73. The fourth-order valence-electron chi connectivity index (χ4n) is 3.32. The average molecular weight is 331 g/mol. The molecule has 4 rings (SSSR count). The summed E-state index contributed by atoms with van der Waals surface area (Å²) in [5.74, 6) is -1.19. The summed E-state index contributed by atoms with van der Waals surface area (Å²) in [4.78, 5) is 8.01. The van der Waals surface area contributed by atoms with Crippen molar-refractivity contribution < 1.29 is 18.3 Å². The van der Waals surface area contributed by atoms with Crippen LogP contribution in [0.25, 0.3) is 11.1 Å². The average Bonchev–Trinajstić information content (AvgIpc) is 3.00. The quantitative estimate of drug-likeness (QED) is 0.857. The smallest absolute Gasteiger partial charge is 0.282 e. The Labute approximate surface area is 137 Å². The molecule has 24 heavy (non-hydrogen) atoms. The topological polar surface area (TPSA) is 69.7 Å². The van der Waals surface area contributed by atoms with Gasteiger partial charge in [0.15, 0.2) is 0 Å². The summed E-state index contributed by atoms with van der Waals surface area (Å²) < 4.78 is 39.4. The van der Waals surface area contributed by atoms with Gasteiger partial charge in [0.1, 0.15) is 11.4 Å². The molecule has 7 heteroatoms. The molecule has 5 nitrogen and oxygen atoms in total. The molecule has 2 atom stereocenters. The van der Waals surface area contributed by atoms with E-state index < -0.39 is 17.3 Å². The SMILES string of the molecule is NC1=NC2(c3cc(-c4cccnc4F)ccc3F)COCC2CO1. The van der Waals surface area contributed by atoms with Crippen molar-refractivity contribution in [2.45, 2.75) is 5.54 Å². The van der Waals surface area contributed by atoms with E-state index in [2.05, 4.69) is 9.98 Å². The first-order valence-corrected chi connectivity index (χ1v) is 7.57. The highest BCUT2D eigenvalue weighted by Gasteiger charge is 2.50. The molecule has 0 amide bonds. The van der Waals surface area contributed by atoms with Crippen LogP contribution in [0.1, 0.15) is 5.56 Å². The number of rotatable bonds is 2. The van der Waals surface area contributed by atoms with Gasteiger partial charge in [-0.25, -0.2) is 14.4 Å². The molecule has 0 radical (unpaired) electrons. The van der Waals surface area contributed by atoms with Gasteiger partial charge in [0.05, 0.1) is 19.8 Å². The Kier molecular flexibility index (Phi) is 3.45. The summed E-state index contributed by atoms with van der Waals surface area (Å²) in [7, 11) is 0. The van der Waals surface area contributed by atoms with E-state index in [1.54, 1.807) is 18.2 Å². The predicted octanol–water partition coefficient (Wildman–Crippen LogP) is 2.21. The van der Waals surface area contributed by atoms with E-state index in [-0.39, 0.29) is 18.5 Å². The zero-order valence-electron chi connectivity index (χ0n) is 12.7. The molecule has 3 heterocycles. The molecule has 124 valence electrons. The fraction of sp³-hybridized carbons (Fsp3) is 0.294. The van der Waals surface area contributed by atoms with Gasteiger partial charge < -0.3 is 15.2 Å². The van der Waals surface area contributed by atoms with E-state index >= 15 is 0 Å². The Morgan fingerprint density at radius 2 is 2.08 bits per heavy atom. The molecule has 1 saturated heterocycles. The molecule has 0 spiro atoms. The lowest BCUT2D eigenvalue weighted by molar-refractivity contribution is 0.154. The van der Waals surface area contributed by atoms with Crippen molar-refractivity contribution in [2.24, 2.45) is 16.6 Å². The second kappa shape index (κ2) is 5.52. The number of hydrogen-bond donors (Lipinski definition) is 1. The number of pyridine rings is 1. The third-order valence-corrected chi connectivity index (χ3v) is 4.56. The molecule has 2 aliphatic rings. The maximum atomic E-state index is 14.6. The van der Waals surface area contributed by atoms with E-state index in [0.717, 1.165) is 0 Å². The number of aliphatic imine (C=N–C) groups is 1. The summed E-state index contributed by atoms with van der Waals surface area (Å²) >= 11 is 0. The lowest BCUT2D eigenvalue weighted by atomic mass is 9.79. The van der Waals surface area contributed by atoms with Crippen LogP contribution >= 0.6 is 0 Å². The standard InChI is InChI=1S/C17H15F2N3O2/c18-14-4-3-10(12-2-1-5-21-15(12)19)6-13(14)17-9-23-7-11(17)8-24-16(20)22-17/h1-6,11H,7-9H2,(H2,20,22). The Bertz CT molecular complexity index is 827. The molecule has 2 N–H and O–H groups in total. The number of aromatic nitrogens is 1. The van der Waals surface area contributed by atoms with Crippen LogP contribution < -0.4 is 5.73 Å². The minimum absolute atomic E-state index is 0.00844. The van der Waals surface area contributed by atoms with Crippen molar-refractivity contribution in [2.75, 3.05) is 19.8 Å². The van der Waals surface area contributed by atoms with Crippen molar-refractivity contribution in [3.05, 3.63) is 53.9 Å². The molecule has 0 saturated carbocycles. The van der Waals surface area contributed by atoms with Gasteiger partial charge in [0.25, 0.3) is 6.02 Å². The van der Waals surface area contributed by atoms with Gasteiger partial charge >= 0.3 is 0 Å². The lowest BCUT2D eigenvalue weighted by Crippen LogP contribution is -2.43. The number of benzene rings is 1. The van der Waals surface area contributed by atoms with Crippen LogP contribution in [0.5, 0.6) is 0 Å². The fourth-order valence-corrected chi connectivity index (χ4v) is 3.32. The third kappa shape index (κ3) is 2.24. The third-order valence-electron chi connectivity index (χ3n) is 4.56. The summed E-state index contributed by atoms with van der Waals surface area (Å²) in [6.45, 7) is 0.916. The monoisotopic (exact) mass is 331 g/mol. The van der Waals surface area contributed by atoms with Crippen molar-refractivity contribution >= 4 is 6.02 Å². The van der Waals surface area contributed by atoms with Gasteiger partial charge in [-0.05, 0) is 29.8 Å². The number of nitrogens with two attached hydrogens (primary N) is 1. The number of nitrogens with zero attached hydrogens (tertiary/aromatic N) is 2. The molecule has 1 aromatic heterocycles. The summed E-state index contributed by atoms with van der Waals surface area (Å²) in [5.41, 5.74) is 5.93. The minimum Gasteiger partial charge on any atom is -0.465 e. The summed E-state index contributed by atoms with van der Waals surface area (Å²) in [5, 5.41) is 0. The zero-order valence-corrected chi connectivity index (χ0v) is 12.7. The molecule has 2 unspecified atom stereocenters. The van der Waals surface area contributed by atoms with Crippen LogP contribution in [0.3, 0.4) is 0 Å². The van der Waals surface area contributed by atoms with Crippen LogP contribution in [0.15, 0.2) is 41.5 Å². The van der Waals surface area contributed by atoms with Gasteiger partial charge in [-0.2, -0.15) is 4.39 Å². The van der Waals surface area contributed by atoms with Crippen LogP contribution in [0.2, 0.25) is 0 Å². The van der Waals surface area contributed by atoms with Crippen LogP contribution in [-0.4, -0.2) is 30.8 Å². The molecular formula is C17H15F2N3O2. The molecule has 2 aromatic rings. The first kappa shape index (κ1) is 15.0. The molecule has 0 aliphatic carbocycles.